The van der Waals surface area contributed by atoms with Crippen molar-refractivity contribution >= 4 is 6.21 Å². The quantitative estimate of drug-likeness (QED) is 0.233. The van der Waals surface area contributed by atoms with Gasteiger partial charge >= 0.3 is 0 Å². The van der Waals surface area contributed by atoms with Crippen molar-refractivity contribution in [1.82, 2.24) is 0 Å². The number of rotatable bonds is 8. The maximum Gasteiger partial charge on any atom is 0.0389 e. The van der Waals surface area contributed by atoms with Crippen LogP contribution >= 0.6 is 0 Å². The molecule has 0 aromatic heterocycles. The molecule has 0 spiro atoms. The number of nitrogens with zero attached hydrogens (tertiary/aromatic N) is 1. The Balaban J connectivity index is 2.87. The molecule has 0 unspecified atom stereocenters. The number of hydrogen-bond acceptors (Lipinski definition) is 1. The van der Waals surface area contributed by atoms with Crippen LogP contribution in [-0.4, -0.2) is 12.8 Å². The first-order valence-electron chi connectivity index (χ1n) is 10.6. The minimum absolute atomic E-state index is 0.302. The van der Waals surface area contributed by atoms with Crippen molar-refractivity contribution in [3.63, 3.8) is 0 Å². The molecule has 0 aromatic rings. The molecule has 1 aliphatic rings. The fourth-order valence-corrected chi connectivity index (χ4v) is 3.42. The molecule has 0 saturated heterocycles. The summed E-state index contributed by atoms with van der Waals surface area (Å²) >= 11 is 0. The predicted molar refractivity (Wildman–Crippen MR) is 124 cm³/mol. The maximum atomic E-state index is 4.50. The number of aliphatic imine (C=N–C) groups is 1. The molecule has 0 atom stereocenters. The van der Waals surface area contributed by atoms with Crippen molar-refractivity contribution < 1.29 is 0 Å². The first-order chi connectivity index (χ1) is 12.7. The maximum absolute atomic E-state index is 4.50. The molecule has 150 valence electrons. The Labute approximate surface area is 168 Å². The summed E-state index contributed by atoms with van der Waals surface area (Å²) in [4.78, 5) is 4.50. The number of hydrogen-bond donors (Lipinski definition) is 0. The van der Waals surface area contributed by atoms with Gasteiger partial charge in [0, 0.05) is 12.8 Å². The van der Waals surface area contributed by atoms with Crippen LogP contribution in [0.1, 0.15) is 87.5 Å². The highest BCUT2D eigenvalue weighted by molar-refractivity contribution is 5.79. The fraction of sp³-hybridized carbons (Fsp3) is 0.577. The summed E-state index contributed by atoms with van der Waals surface area (Å²) in [6.45, 7) is 18.9. The Morgan fingerprint density at radius 1 is 0.963 bits per heavy atom. The summed E-state index contributed by atoms with van der Waals surface area (Å²) in [5.41, 5.74) is 8.55. The number of unbranched alkanes of at least 4 members (excludes halogenated alkanes) is 1. The summed E-state index contributed by atoms with van der Waals surface area (Å²) < 4.78 is 0. The molecule has 0 aliphatic heterocycles. The van der Waals surface area contributed by atoms with Gasteiger partial charge < -0.3 is 0 Å². The molecular formula is C26H41N. The molecule has 1 aliphatic carbocycles. The van der Waals surface area contributed by atoms with Gasteiger partial charge in [0.05, 0.1) is 0 Å². The van der Waals surface area contributed by atoms with E-state index in [1.165, 1.54) is 60.0 Å². The topological polar surface area (TPSA) is 12.4 Å². The summed E-state index contributed by atoms with van der Waals surface area (Å²) in [6.07, 6.45) is 17.3. The lowest BCUT2D eigenvalue weighted by molar-refractivity contribution is 0.377. The Bertz CT molecular complexity index is 675. The van der Waals surface area contributed by atoms with Gasteiger partial charge in [0.1, 0.15) is 0 Å². The lowest BCUT2D eigenvalue weighted by atomic mass is 9.72. The van der Waals surface area contributed by atoms with E-state index in [0.29, 0.717) is 5.41 Å². The van der Waals surface area contributed by atoms with Crippen molar-refractivity contribution in [3.05, 3.63) is 57.7 Å². The number of allylic oxidation sites excluding steroid dienone is 10. The molecule has 0 N–H and O–H groups in total. The molecule has 0 amide bonds. The second-order valence-electron chi connectivity index (χ2n) is 8.72. The van der Waals surface area contributed by atoms with Gasteiger partial charge in [-0.3, -0.25) is 4.99 Å². The van der Waals surface area contributed by atoms with E-state index in [1.54, 1.807) is 5.57 Å². The molecule has 0 fully saturated rings. The molecule has 1 rings (SSSR count). The monoisotopic (exact) mass is 367 g/mol. The highest BCUT2D eigenvalue weighted by Crippen LogP contribution is 2.40. The Kier molecular flexibility index (Phi) is 9.77. The van der Waals surface area contributed by atoms with Crippen LogP contribution in [0.3, 0.4) is 0 Å². The SMILES string of the molecule is CCCCN=C/C(C)=C(C)/C=C/C(C)=C(C)/C=C/C1=C(C)CCCC1(C)C. The van der Waals surface area contributed by atoms with E-state index in [4.69, 9.17) is 0 Å². The zero-order valence-electron chi connectivity index (χ0n) is 19.1. The van der Waals surface area contributed by atoms with E-state index in [1.807, 2.05) is 6.21 Å². The van der Waals surface area contributed by atoms with Crippen LogP contribution in [0.4, 0.5) is 0 Å². The van der Waals surface area contributed by atoms with Gasteiger partial charge in [0.25, 0.3) is 0 Å². The van der Waals surface area contributed by atoms with Crippen molar-refractivity contribution in [2.75, 3.05) is 6.54 Å². The Morgan fingerprint density at radius 3 is 2.15 bits per heavy atom. The van der Waals surface area contributed by atoms with Crippen LogP contribution in [-0.2, 0) is 0 Å². The predicted octanol–water partition coefficient (Wildman–Crippen LogP) is 8.17. The summed E-state index contributed by atoms with van der Waals surface area (Å²) in [5, 5.41) is 0. The molecule has 0 heterocycles. The molecule has 0 bridgehead atoms. The normalized spacial score (nSPS) is 20.0. The van der Waals surface area contributed by atoms with E-state index in [0.717, 1.165) is 6.54 Å². The molecule has 1 heteroatoms. The highest BCUT2D eigenvalue weighted by atomic mass is 14.7. The third kappa shape index (κ3) is 7.87. The minimum atomic E-state index is 0.302. The third-order valence-electron chi connectivity index (χ3n) is 5.80. The first kappa shape index (κ1) is 23.4. The molecule has 0 aromatic carbocycles. The molecule has 1 nitrogen and oxygen atoms in total. The van der Waals surface area contributed by atoms with E-state index in [-0.39, 0.29) is 0 Å². The van der Waals surface area contributed by atoms with E-state index in [2.05, 4.69) is 84.7 Å². The molecule has 0 radical (unpaired) electrons. The second kappa shape index (κ2) is 11.3. The minimum Gasteiger partial charge on any atom is -0.293 e. The van der Waals surface area contributed by atoms with Gasteiger partial charge in [-0.15, -0.1) is 0 Å². The smallest absolute Gasteiger partial charge is 0.0389 e. The van der Waals surface area contributed by atoms with Crippen LogP contribution in [0.2, 0.25) is 0 Å². The zero-order valence-corrected chi connectivity index (χ0v) is 19.1. The lowest BCUT2D eigenvalue weighted by Gasteiger charge is -2.33. The summed E-state index contributed by atoms with van der Waals surface area (Å²) in [6, 6.07) is 0. The van der Waals surface area contributed by atoms with Crippen molar-refractivity contribution in [2.24, 2.45) is 10.4 Å². The fourth-order valence-electron chi connectivity index (χ4n) is 3.42. The molecular weight excluding hydrogens is 326 g/mol. The van der Waals surface area contributed by atoms with Gasteiger partial charge in [0.2, 0.25) is 0 Å². The van der Waals surface area contributed by atoms with Crippen LogP contribution in [0.25, 0.3) is 0 Å². The van der Waals surface area contributed by atoms with Crippen molar-refractivity contribution in [1.29, 1.82) is 0 Å². The Hall–Kier alpha value is -1.63. The van der Waals surface area contributed by atoms with Crippen molar-refractivity contribution in [2.45, 2.75) is 87.5 Å². The largest absolute Gasteiger partial charge is 0.293 e. The zero-order chi connectivity index (χ0) is 20.4. The summed E-state index contributed by atoms with van der Waals surface area (Å²) in [5.74, 6) is 0. The lowest BCUT2D eigenvalue weighted by Crippen LogP contribution is -2.19. The van der Waals surface area contributed by atoms with Gasteiger partial charge in [-0.2, -0.15) is 0 Å². The van der Waals surface area contributed by atoms with Crippen LogP contribution in [0, 0.1) is 5.41 Å². The van der Waals surface area contributed by atoms with E-state index in [9.17, 15) is 0 Å². The third-order valence-corrected chi connectivity index (χ3v) is 5.80. The molecule has 0 saturated carbocycles. The van der Waals surface area contributed by atoms with Crippen molar-refractivity contribution in [3.8, 4) is 0 Å². The Morgan fingerprint density at radius 2 is 1.56 bits per heavy atom. The van der Waals surface area contributed by atoms with Crippen LogP contribution < -0.4 is 0 Å². The van der Waals surface area contributed by atoms with Gasteiger partial charge in [-0.25, -0.2) is 0 Å². The highest BCUT2D eigenvalue weighted by Gasteiger charge is 2.26. The second-order valence-corrected chi connectivity index (χ2v) is 8.72. The average molecular weight is 368 g/mol. The van der Waals surface area contributed by atoms with E-state index >= 15 is 0 Å². The summed E-state index contributed by atoms with van der Waals surface area (Å²) in [7, 11) is 0. The van der Waals surface area contributed by atoms with Gasteiger partial charge in [0.15, 0.2) is 0 Å². The van der Waals surface area contributed by atoms with E-state index < -0.39 is 0 Å². The van der Waals surface area contributed by atoms with Crippen LogP contribution in [0.5, 0.6) is 0 Å². The standard InChI is InChI=1S/C26H41N/c1-9-10-18-27-19-24(6)22(4)14-13-20(2)21(3)15-16-25-23(5)12-11-17-26(25,7)8/h13-16,19H,9-12,17-18H2,1-8H3/b14-13+,16-15+,21-20+,24-22+,27-19?. The van der Waals surface area contributed by atoms with Crippen LogP contribution in [0.15, 0.2) is 62.7 Å². The average Bonchev–Trinajstić information content (AvgIpc) is 2.61. The first-order valence-corrected chi connectivity index (χ1v) is 10.6. The van der Waals surface area contributed by atoms with Gasteiger partial charge in [-0.1, -0.05) is 57.1 Å². The molecule has 27 heavy (non-hydrogen) atoms. The van der Waals surface area contributed by atoms with Gasteiger partial charge in [-0.05, 0) is 93.6 Å².